The third-order valence-corrected chi connectivity index (χ3v) is 8.89. The Kier molecular flexibility index (Phi) is 4.46. The highest BCUT2D eigenvalue weighted by Gasteiger charge is 2.67. The van der Waals surface area contributed by atoms with E-state index in [1.54, 1.807) is 13.0 Å². The molecule has 0 heterocycles. The van der Waals surface area contributed by atoms with Gasteiger partial charge in [-0.1, -0.05) is 31.5 Å². The second kappa shape index (κ2) is 6.29. The van der Waals surface area contributed by atoms with Crippen LogP contribution in [0.1, 0.15) is 66.2 Å². The quantitative estimate of drug-likeness (QED) is 0.623. The van der Waals surface area contributed by atoms with E-state index >= 15 is 0 Å². The highest BCUT2D eigenvalue weighted by atomic mass is 35.5. The van der Waals surface area contributed by atoms with E-state index < -0.39 is 5.60 Å². The van der Waals surface area contributed by atoms with Crippen LogP contribution >= 0.6 is 11.6 Å². The summed E-state index contributed by atoms with van der Waals surface area (Å²) in [7, 11) is 0. The summed E-state index contributed by atoms with van der Waals surface area (Å²) in [4.78, 5) is 36.6. The van der Waals surface area contributed by atoms with E-state index in [-0.39, 0.29) is 40.2 Å². The Hall–Kier alpha value is -1.42. The molecule has 28 heavy (non-hydrogen) atoms. The van der Waals surface area contributed by atoms with Gasteiger partial charge in [0.1, 0.15) is 0 Å². The van der Waals surface area contributed by atoms with Gasteiger partial charge in [-0.3, -0.25) is 14.4 Å². The zero-order chi connectivity index (χ0) is 20.5. The van der Waals surface area contributed by atoms with Crippen molar-refractivity contribution in [3.63, 3.8) is 0 Å². The van der Waals surface area contributed by atoms with Crippen LogP contribution in [-0.4, -0.2) is 23.1 Å². The maximum atomic E-state index is 12.7. The molecule has 4 aliphatic carbocycles. The molecule has 5 heteroatoms. The van der Waals surface area contributed by atoms with E-state index in [0.29, 0.717) is 23.8 Å². The molecule has 0 bridgehead atoms. The molecule has 0 amide bonds. The smallest absolute Gasteiger partial charge is 0.303 e. The summed E-state index contributed by atoms with van der Waals surface area (Å²) in [6, 6.07) is 0. The first-order chi connectivity index (χ1) is 13.0. The van der Waals surface area contributed by atoms with E-state index in [0.717, 1.165) is 31.3 Å². The number of Topliss-reactive ketones (excluding diaryl/α,β-unsaturated/α-hetero) is 1. The highest BCUT2D eigenvalue weighted by molar-refractivity contribution is 6.32. The lowest BCUT2D eigenvalue weighted by molar-refractivity contribution is -0.185. The monoisotopic (exact) mass is 404 g/mol. The fourth-order valence-electron chi connectivity index (χ4n) is 7.13. The predicted octanol–water partition coefficient (Wildman–Crippen LogP) is 4.75. The third kappa shape index (κ3) is 2.46. The molecule has 0 aromatic carbocycles. The second-order valence-corrected chi connectivity index (χ2v) is 10.1. The number of hydrogen-bond donors (Lipinski definition) is 0. The standard InChI is InChI=1S/C23H29ClO4/c1-13(25)23(28-14(2)26)10-7-18-16-12-20(24)19-11-15(27)5-8-21(19,3)17(16)6-9-22(18,23)4/h11-12,16-18H,5-10H2,1-4H3/t16-,17+,18+,21-,22+,23?/m1/s1. The first-order valence-corrected chi connectivity index (χ1v) is 10.8. The van der Waals surface area contributed by atoms with Crippen LogP contribution in [0.2, 0.25) is 0 Å². The number of hydrogen-bond acceptors (Lipinski definition) is 4. The average Bonchev–Trinajstić information content (AvgIpc) is 2.90. The van der Waals surface area contributed by atoms with Crippen molar-refractivity contribution in [2.45, 2.75) is 71.8 Å². The summed E-state index contributed by atoms with van der Waals surface area (Å²) < 4.78 is 5.79. The molecule has 0 spiro atoms. The molecular formula is C23H29ClO4. The Bertz CT molecular complexity index is 826. The predicted molar refractivity (Wildman–Crippen MR) is 107 cm³/mol. The first kappa shape index (κ1) is 19.9. The molecule has 4 rings (SSSR count). The van der Waals surface area contributed by atoms with Gasteiger partial charge in [0.2, 0.25) is 0 Å². The summed E-state index contributed by atoms with van der Waals surface area (Å²) in [5.74, 6) is 0.584. The number of halogens is 1. The molecule has 4 nitrogen and oxygen atoms in total. The lowest BCUT2D eigenvalue weighted by Gasteiger charge is -2.57. The van der Waals surface area contributed by atoms with Crippen LogP contribution in [0.5, 0.6) is 0 Å². The lowest BCUT2D eigenvalue weighted by Crippen LogP contribution is -2.58. The molecule has 0 N–H and O–H groups in total. The molecule has 4 aliphatic rings. The molecule has 1 unspecified atom stereocenters. The van der Waals surface area contributed by atoms with Crippen molar-refractivity contribution < 1.29 is 19.1 Å². The van der Waals surface area contributed by atoms with Gasteiger partial charge in [-0.2, -0.15) is 0 Å². The normalized spacial score (nSPS) is 44.6. The number of carbonyl (C=O) groups is 3. The second-order valence-electron chi connectivity index (χ2n) is 9.72. The van der Waals surface area contributed by atoms with Gasteiger partial charge in [0.25, 0.3) is 0 Å². The van der Waals surface area contributed by atoms with Crippen molar-refractivity contribution in [1.82, 2.24) is 0 Å². The van der Waals surface area contributed by atoms with Crippen LogP contribution in [0, 0.1) is 28.6 Å². The number of carbonyl (C=O) groups excluding carboxylic acids is 3. The molecule has 152 valence electrons. The van der Waals surface area contributed by atoms with Crippen LogP contribution in [0.25, 0.3) is 0 Å². The summed E-state index contributed by atoms with van der Waals surface area (Å²) in [6.07, 6.45) is 8.48. The van der Waals surface area contributed by atoms with Crippen molar-refractivity contribution in [3.8, 4) is 0 Å². The van der Waals surface area contributed by atoms with E-state index in [4.69, 9.17) is 16.3 Å². The van der Waals surface area contributed by atoms with Gasteiger partial charge in [-0.05, 0) is 73.8 Å². The van der Waals surface area contributed by atoms with Crippen LogP contribution in [0.4, 0.5) is 0 Å². The Balaban J connectivity index is 1.79. The summed E-state index contributed by atoms with van der Waals surface area (Å²) in [6.45, 7) is 7.33. The minimum absolute atomic E-state index is 0.0490. The van der Waals surface area contributed by atoms with Crippen LogP contribution in [0.15, 0.2) is 22.8 Å². The number of ketones is 2. The minimum Gasteiger partial charge on any atom is -0.451 e. The van der Waals surface area contributed by atoms with E-state index in [1.165, 1.54) is 6.92 Å². The van der Waals surface area contributed by atoms with Gasteiger partial charge < -0.3 is 4.74 Å². The average molecular weight is 405 g/mol. The Morgan fingerprint density at radius 2 is 1.79 bits per heavy atom. The molecular weight excluding hydrogens is 376 g/mol. The van der Waals surface area contributed by atoms with Crippen molar-refractivity contribution in [3.05, 3.63) is 22.8 Å². The van der Waals surface area contributed by atoms with Crippen molar-refractivity contribution in [2.24, 2.45) is 28.6 Å². The molecule has 0 aromatic rings. The molecule has 6 atom stereocenters. The Labute approximate surface area is 171 Å². The van der Waals surface area contributed by atoms with E-state index in [2.05, 4.69) is 19.9 Å². The molecule has 0 saturated heterocycles. The molecule has 0 radical (unpaired) electrons. The van der Waals surface area contributed by atoms with Crippen molar-refractivity contribution >= 4 is 29.1 Å². The highest BCUT2D eigenvalue weighted by Crippen LogP contribution is 2.68. The fraction of sp³-hybridized carbons (Fsp3) is 0.696. The van der Waals surface area contributed by atoms with Gasteiger partial charge in [-0.15, -0.1) is 0 Å². The fourth-order valence-corrected chi connectivity index (χ4v) is 7.55. The molecule has 2 saturated carbocycles. The van der Waals surface area contributed by atoms with Crippen molar-refractivity contribution in [2.75, 3.05) is 0 Å². The SMILES string of the molecule is CC(=O)OC1(C(C)=O)CC[C@H]2[C@@H]3C=C(Cl)C4=CC(=O)CC[C@]4(C)[C@H]3CC[C@@]21C. The number of rotatable bonds is 2. The Morgan fingerprint density at radius 3 is 2.43 bits per heavy atom. The molecule has 0 aliphatic heterocycles. The van der Waals surface area contributed by atoms with Crippen LogP contribution < -0.4 is 0 Å². The maximum absolute atomic E-state index is 12.7. The van der Waals surface area contributed by atoms with Crippen LogP contribution in [-0.2, 0) is 19.1 Å². The lowest BCUT2D eigenvalue weighted by atomic mass is 9.48. The maximum Gasteiger partial charge on any atom is 0.303 e. The summed E-state index contributed by atoms with van der Waals surface area (Å²) in [5, 5.41) is 0.689. The zero-order valence-electron chi connectivity index (χ0n) is 17.1. The van der Waals surface area contributed by atoms with Crippen LogP contribution in [0.3, 0.4) is 0 Å². The third-order valence-electron chi connectivity index (χ3n) is 8.56. The largest absolute Gasteiger partial charge is 0.451 e. The topological polar surface area (TPSA) is 60.4 Å². The van der Waals surface area contributed by atoms with E-state index in [1.807, 2.05) is 0 Å². The van der Waals surface area contributed by atoms with Gasteiger partial charge in [0.15, 0.2) is 17.2 Å². The van der Waals surface area contributed by atoms with Gasteiger partial charge in [0.05, 0.1) is 0 Å². The van der Waals surface area contributed by atoms with Crippen molar-refractivity contribution in [1.29, 1.82) is 0 Å². The minimum atomic E-state index is -1.03. The number of allylic oxidation sites excluding steroid dienone is 4. The van der Waals surface area contributed by atoms with Gasteiger partial charge >= 0.3 is 5.97 Å². The summed E-state index contributed by atoms with van der Waals surface area (Å²) in [5.41, 5.74) is -0.532. The van der Waals surface area contributed by atoms with E-state index in [9.17, 15) is 14.4 Å². The zero-order valence-corrected chi connectivity index (χ0v) is 17.9. The molecule has 2 fully saturated rings. The molecule has 0 aromatic heterocycles. The van der Waals surface area contributed by atoms with Gasteiger partial charge in [0, 0.05) is 23.8 Å². The number of ether oxygens (including phenoxy) is 1. The number of esters is 1. The summed E-state index contributed by atoms with van der Waals surface area (Å²) >= 11 is 6.71. The van der Waals surface area contributed by atoms with Gasteiger partial charge in [-0.25, -0.2) is 0 Å². The number of fused-ring (bicyclic) bond motifs is 5. The first-order valence-electron chi connectivity index (χ1n) is 10.4. The Morgan fingerprint density at radius 1 is 1.11 bits per heavy atom.